The summed E-state index contributed by atoms with van der Waals surface area (Å²) in [6.07, 6.45) is 3.01. The Labute approximate surface area is 203 Å². The van der Waals surface area contributed by atoms with E-state index in [1.807, 2.05) is 12.1 Å². The van der Waals surface area contributed by atoms with Gasteiger partial charge < -0.3 is 10.1 Å². The molecule has 0 saturated carbocycles. The fraction of sp³-hybridized carbons (Fsp3) is 0.259. The normalized spacial score (nSPS) is 14.5. The standard InChI is InChI=1S/C27H25N3O3S/c1-33-27(32)22-9-5-6-10-24(22)29-25(31)13-14-34-26-21(17-28)16-20-15-19(11-12-23(20)30-26)18-7-3-2-4-8-18/h2-10,16,19H,11-15H2,1H3,(H,29,31). The van der Waals surface area contributed by atoms with Crippen molar-refractivity contribution in [3.8, 4) is 6.07 Å². The summed E-state index contributed by atoms with van der Waals surface area (Å²) in [7, 11) is 1.30. The number of thioether (sulfide) groups is 1. The number of hydrogen-bond donors (Lipinski definition) is 1. The number of anilines is 1. The molecule has 7 heteroatoms. The predicted octanol–water partition coefficient (Wildman–Crippen LogP) is 5.13. The topological polar surface area (TPSA) is 92.1 Å². The molecular formula is C27H25N3O3S. The average Bonchev–Trinajstić information content (AvgIpc) is 2.88. The van der Waals surface area contributed by atoms with E-state index >= 15 is 0 Å². The van der Waals surface area contributed by atoms with Crippen LogP contribution in [0.3, 0.4) is 0 Å². The van der Waals surface area contributed by atoms with Crippen molar-refractivity contribution in [1.82, 2.24) is 4.98 Å². The third-order valence-corrected chi connectivity index (χ3v) is 6.91. The minimum atomic E-state index is -0.503. The van der Waals surface area contributed by atoms with Gasteiger partial charge >= 0.3 is 5.97 Å². The van der Waals surface area contributed by atoms with E-state index in [9.17, 15) is 14.9 Å². The molecule has 4 rings (SSSR count). The van der Waals surface area contributed by atoms with Crippen LogP contribution >= 0.6 is 11.8 Å². The number of ether oxygens (including phenoxy) is 1. The van der Waals surface area contributed by atoms with E-state index in [2.05, 4.69) is 35.7 Å². The van der Waals surface area contributed by atoms with Crippen molar-refractivity contribution in [2.45, 2.75) is 36.6 Å². The van der Waals surface area contributed by atoms with Crippen LogP contribution in [0.4, 0.5) is 5.69 Å². The van der Waals surface area contributed by atoms with E-state index in [0.29, 0.717) is 33.5 Å². The number of para-hydroxylation sites is 1. The van der Waals surface area contributed by atoms with Gasteiger partial charge in [0.2, 0.25) is 5.91 Å². The molecule has 0 saturated heterocycles. The van der Waals surface area contributed by atoms with E-state index in [1.165, 1.54) is 24.4 Å². The maximum Gasteiger partial charge on any atom is 0.339 e. The highest BCUT2D eigenvalue weighted by molar-refractivity contribution is 7.99. The number of esters is 1. The number of hydrogen-bond acceptors (Lipinski definition) is 6. The maximum absolute atomic E-state index is 12.5. The number of nitrogens with one attached hydrogen (secondary N) is 1. The molecule has 2 aromatic carbocycles. The molecule has 6 nitrogen and oxygen atoms in total. The van der Waals surface area contributed by atoms with Crippen LogP contribution in [0.5, 0.6) is 0 Å². The molecule has 3 aromatic rings. The summed E-state index contributed by atoms with van der Waals surface area (Å²) in [5, 5.41) is 13.1. The highest BCUT2D eigenvalue weighted by atomic mass is 32.2. The Hall–Kier alpha value is -3.63. The number of aromatic nitrogens is 1. The molecule has 1 aliphatic carbocycles. The van der Waals surface area contributed by atoms with E-state index < -0.39 is 5.97 Å². The number of carbonyl (C=O) groups is 2. The number of benzene rings is 2. The largest absolute Gasteiger partial charge is 0.465 e. The first kappa shape index (κ1) is 23.5. The Morgan fingerprint density at radius 3 is 2.71 bits per heavy atom. The van der Waals surface area contributed by atoms with Crippen molar-refractivity contribution < 1.29 is 14.3 Å². The predicted molar refractivity (Wildman–Crippen MR) is 132 cm³/mol. The van der Waals surface area contributed by atoms with Gasteiger partial charge in [-0.1, -0.05) is 42.5 Å². The lowest BCUT2D eigenvalue weighted by molar-refractivity contribution is -0.115. The summed E-state index contributed by atoms with van der Waals surface area (Å²) >= 11 is 1.41. The average molecular weight is 472 g/mol. The molecule has 0 spiro atoms. The lowest BCUT2D eigenvalue weighted by Gasteiger charge is -2.25. The number of rotatable bonds is 7. The van der Waals surface area contributed by atoms with Gasteiger partial charge in [-0.3, -0.25) is 4.79 Å². The van der Waals surface area contributed by atoms with E-state index in [0.717, 1.165) is 30.5 Å². The summed E-state index contributed by atoms with van der Waals surface area (Å²) < 4.78 is 4.77. The number of amides is 1. The highest BCUT2D eigenvalue weighted by Gasteiger charge is 2.23. The van der Waals surface area contributed by atoms with Crippen LogP contribution in [0, 0.1) is 11.3 Å². The zero-order valence-electron chi connectivity index (χ0n) is 18.9. The summed E-state index contributed by atoms with van der Waals surface area (Å²) in [4.78, 5) is 29.1. The van der Waals surface area contributed by atoms with Crippen LogP contribution < -0.4 is 5.32 Å². The number of carbonyl (C=O) groups excluding carboxylic acids is 2. The minimum Gasteiger partial charge on any atom is -0.465 e. The number of fused-ring (bicyclic) bond motifs is 1. The molecule has 1 unspecified atom stereocenters. The molecule has 0 aliphatic heterocycles. The molecule has 0 radical (unpaired) electrons. The zero-order chi connectivity index (χ0) is 23.9. The van der Waals surface area contributed by atoms with Gasteiger partial charge in [0.1, 0.15) is 11.1 Å². The van der Waals surface area contributed by atoms with Gasteiger partial charge in [0.05, 0.1) is 23.9 Å². The van der Waals surface area contributed by atoms with Gasteiger partial charge in [0.15, 0.2) is 0 Å². The third kappa shape index (κ3) is 5.46. The summed E-state index contributed by atoms with van der Waals surface area (Å²) in [5.74, 6) is 0.194. The number of pyridine rings is 1. The number of nitrogens with zero attached hydrogens (tertiary/aromatic N) is 2. The van der Waals surface area contributed by atoms with Crippen molar-refractivity contribution in [1.29, 1.82) is 5.26 Å². The van der Waals surface area contributed by atoms with E-state index in [4.69, 9.17) is 9.72 Å². The second-order valence-electron chi connectivity index (χ2n) is 8.09. The zero-order valence-corrected chi connectivity index (χ0v) is 19.7. The molecule has 172 valence electrons. The van der Waals surface area contributed by atoms with Gasteiger partial charge in [0.25, 0.3) is 0 Å². The number of nitriles is 1. The van der Waals surface area contributed by atoms with Gasteiger partial charge in [0, 0.05) is 17.9 Å². The maximum atomic E-state index is 12.5. The SMILES string of the molecule is COC(=O)c1ccccc1NC(=O)CCSc1nc2c(cc1C#N)CC(c1ccccc1)CC2. The molecule has 34 heavy (non-hydrogen) atoms. The molecule has 1 aromatic heterocycles. The van der Waals surface area contributed by atoms with Crippen LogP contribution in [-0.4, -0.2) is 29.7 Å². The monoisotopic (exact) mass is 471 g/mol. The van der Waals surface area contributed by atoms with Crippen molar-refractivity contribution >= 4 is 29.3 Å². The second-order valence-corrected chi connectivity index (χ2v) is 9.18. The number of methoxy groups -OCH3 is 1. The molecule has 1 atom stereocenters. The quantitative estimate of drug-likeness (QED) is 0.379. The molecule has 1 heterocycles. The minimum absolute atomic E-state index is 0.217. The second kappa shape index (κ2) is 11.0. The van der Waals surface area contributed by atoms with Crippen molar-refractivity contribution in [3.63, 3.8) is 0 Å². The number of aryl methyl sites for hydroxylation is 1. The lowest BCUT2D eigenvalue weighted by atomic mass is 9.82. The van der Waals surface area contributed by atoms with E-state index in [-0.39, 0.29) is 12.3 Å². The van der Waals surface area contributed by atoms with Crippen LogP contribution in [-0.2, 0) is 22.4 Å². The first-order valence-corrected chi connectivity index (χ1v) is 12.2. The Morgan fingerprint density at radius 2 is 1.94 bits per heavy atom. The Bertz CT molecular complexity index is 1240. The molecule has 1 amide bonds. The first-order valence-electron chi connectivity index (χ1n) is 11.2. The first-order chi connectivity index (χ1) is 16.6. The third-order valence-electron chi connectivity index (χ3n) is 5.92. The molecule has 1 N–H and O–H groups in total. The van der Waals surface area contributed by atoms with Crippen LogP contribution in [0.15, 0.2) is 65.7 Å². The summed E-state index contributed by atoms with van der Waals surface area (Å²) in [6, 6.07) is 21.4. The fourth-order valence-electron chi connectivity index (χ4n) is 4.18. The van der Waals surface area contributed by atoms with Crippen molar-refractivity contribution in [2.75, 3.05) is 18.2 Å². The van der Waals surface area contributed by atoms with Crippen LogP contribution in [0.2, 0.25) is 0 Å². The van der Waals surface area contributed by atoms with Gasteiger partial charge in [-0.2, -0.15) is 5.26 Å². The molecular weight excluding hydrogens is 446 g/mol. The summed E-state index contributed by atoms with van der Waals surface area (Å²) in [5.41, 5.74) is 4.78. The van der Waals surface area contributed by atoms with Gasteiger partial charge in [-0.05, 0) is 54.5 Å². The Morgan fingerprint density at radius 1 is 1.18 bits per heavy atom. The van der Waals surface area contributed by atoms with Crippen LogP contribution in [0.1, 0.15) is 51.5 Å². The van der Waals surface area contributed by atoms with Crippen molar-refractivity contribution in [3.05, 3.63) is 88.6 Å². The van der Waals surface area contributed by atoms with E-state index in [1.54, 1.807) is 24.3 Å². The van der Waals surface area contributed by atoms with Crippen molar-refractivity contribution in [2.24, 2.45) is 0 Å². The Balaban J connectivity index is 1.38. The summed E-state index contributed by atoms with van der Waals surface area (Å²) in [6.45, 7) is 0. The lowest BCUT2D eigenvalue weighted by Crippen LogP contribution is -2.16. The Kier molecular flexibility index (Phi) is 7.61. The fourth-order valence-corrected chi connectivity index (χ4v) is 5.09. The smallest absolute Gasteiger partial charge is 0.339 e. The molecule has 0 fully saturated rings. The highest BCUT2D eigenvalue weighted by Crippen LogP contribution is 2.34. The van der Waals surface area contributed by atoms with Gasteiger partial charge in [-0.25, -0.2) is 9.78 Å². The van der Waals surface area contributed by atoms with Crippen LogP contribution in [0.25, 0.3) is 0 Å². The molecule has 1 aliphatic rings. The molecule has 0 bridgehead atoms. The van der Waals surface area contributed by atoms with Gasteiger partial charge in [-0.15, -0.1) is 11.8 Å².